The molecule has 0 fully saturated rings. The van der Waals surface area contributed by atoms with Gasteiger partial charge in [0.25, 0.3) is 0 Å². The van der Waals surface area contributed by atoms with Gasteiger partial charge >= 0.3 is 0 Å². The Hall–Kier alpha value is -1.61. The molecule has 0 atom stereocenters. The minimum absolute atomic E-state index is 0.0879. The van der Waals surface area contributed by atoms with E-state index in [1.807, 2.05) is 31.2 Å². The monoisotopic (exact) mass is 189 g/mol. The molecular formula is C11H11NO2. The third-order valence-electron chi connectivity index (χ3n) is 2.06. The van der Waals surface area contributed by atoms with Gasteiger partial charge in [-0.25, -0.2) is 0 Å². The summed E-state index contributed by atoms with van der Waals surface area (Å²) in [5.74, 6) is 0.689. The number of aliphatic hydroxyl groups is 1. The van der Waals surface area contributed by atoms with Gasteiger partial charge in [0.1, 0.15) is 5.69 Å². The SMILES string of the molecule is Cc1ccc(-c2cc(CO)no2)cc1. The molecule has 1 heterocycles. The number of aromatic nitrogens is 1. The van der Waals surface area contributed by atoms with Gasteiger partial charge in [0.2, 0.25) is 0 Å². The van der Waals surface area contributed by atoms with Crippen LogP contribution in [0.4, 0.5) is 0 Å². The first-order valence-corrected chi connectivity index (χ1v) is 4.43. The van der Waals surface area contributed by atoms with Crippen LogP contribution in [-0.2, 0) is 6.61 Å². The van der Waals surface area contributed by atoms with Crippen LogP contribution in [0.2, 0.25) is 0 Å². The highest BCUT2D eigenvalue weighted by atomic mass is 16.5. The van der Waals surface area contributed by atoms with E-state index in [2.05, 4.69) is 5.16 Å². The molecule has 0 aliphatic carbocycles. The summed E-state index contributed by atoms with van der Waals surface area (Å²) >= 11 is 0. The van der Waals surface area contributed by atoms with Crippen LogP contribution in [0.25, 0.3) is 11.3 Å². The third kappa shape index (κ3) is 1.67. The Balaban J connectivity index is 2.34. The second kappa shape index (κ2) is 3.64. The number of benzene rings is 1. The topological polar surface area (TPSA) is 46.3 Å². The number of hydrogen-bond donors (Lipinski definition) is 1. The molecule has 72 valence electrons. The Kier molecular flexibility index (Phi) is 2.33. The Bertz CT molecular complexity index is 417. The average Bonchev–Trinajstić information content (AvgIpc) is 2.67. The van der Waals surface area contributed by atoms with E-state index in [9.17, 15) is 0 Å². The van der Waals surface area contributed by atoms with Crippen molar-refractivity contribution in [3.63, 3.8) is 0 Å². The van der Waals surface area contributed by atoms with E-state index in [1.165, 1.54) is 5.56 Å². The van der Waals surface area contributed by atoms with E-state index in [0.717, 1.165) is 5.56 Å². The van der Waals surface area contributed by atoms with E-state index in [0.29, 0.717) is 11.5 Å². The number of rotatable bonds is 2. The molecule has 14 heavy (non-hydrogen) atoms. The van der Waals surface area contributed by atoms with Crippen molar-refractivity contribution in [3.8, 4) is 11.3 Å². The van der Waals surface area contributed by atoms with Crippen LogP contribution in [0, 0.1) is 6.92 Å². The molecular weight excluding hydrogens is 178 g/mol. The highest BCUT2D eigenvalue weighted by Crippen LogP contribution is 2.20. The molecule has 0 aliphatic rings. The summed E-state index contributed by atoms with van der Waals surface area (Å²) in [6.45, 7) is 1.94. The van der Waals surface area contributed by atoms with Crippen molar-refractivity contribution < 1.29 is 9.63 Å². The highest BCUT2D eigenvalue weighted by molar-refractivity contribution is 5.57. The first-order valence-electron chi connectivity index (χ1n) is 4.43. The van der Waals surface area contributed by atoms with Crippen LogP contribution in [0.3, 0.4) is 0 Å². The lowest BCUT2D eigenvalue weighted by atomic mass is 10.1. The molecule has 2 aromatic rings. The highest BCUT2D eigenvalue weighted by Gasteiger charge is 2.04. The van der Waals surface area contributed by atoms with E-state index >= 15 is 0 Å². The van der Waals surface area contributed by atoms with Crippen molar-refractivity contribution in [2.24, 2.45) is 0 Å². The summed E-state index contributed by atoms with van der Waals surface area (Å²) in [5.41, 5.74) is 2.74. The first kappa shape index (κ1) is 8.97. The molecule has 0 spiro atoms. The van der Waals surface area contributed by atoms with Crippen molar-refractivity contribution in [1.82, 2.24) is 5.16 Å². The quantitative estimate of drug-likeness (QED) is 0.787. The molecule has 0 aliphatic heterocycles. The van der Waals surface area contributed by atoms with Crippen LogP contribution in [0.5, 0.6) is 0 Å². The molecule has 2 rings (SSSR count). The summed E-state index contributed by atoms with van der Waals surface area (Å²) in [6.07, 6.45) is 0. The Morgan fingerprint density at radius 3 is 2.57 bits per heavy atom. The molecule has 3 heteroatoms. The number of aliphatic hydroxyl groups excluding tert-OH is 1. The normalized spacial score (nSPS) is 10.4. The molecule has 0 saturated carbocycles. The van der Waals surface area contributed by atoms with Gasteiger partial charge in [-0.2, -0.15) is 0 Å². The Labute approximate surface area is 82.0 Å². The lowest BCUT2D eigenvalue weighted by Gasteiger charge is -1.95. The minimum Gasteiger partial charge on any atom is -0.390 e. The fraction of sp³-hybridized carbons (Fsp3) is 0.182. The second-order valence-corrected chi connectivity index (χ2v) is 3.21. The fourth-order valence-electron chi connectivity index (χ4n) is 1.24. The van der Waals surface area contributed by atoms with Crippen molar-refractivity contribution >= 4 is 0 Å². The molecule has 3 nitrogen and oxygen atoms in total. The lowest BCUT2D eigenvalue weighted by Crippen LogP contribution is -1.78. The lowest BCUT2D eigenvalue weighted by molar-refractivity contribution is 0.267. The van der Waals surface area contributed by atoms with Gasteiger partial charge in [-0.3, -0.25) is 0 Å². The van der Waals surface area contributed by atoms with Gasteiger partial charge in [-0.1, -0.05) is 35.0 Å². The van der Waals surface area contributed by atoms with Crippen LogP contribution in [0.15, 0.2) is 34.9 Å². The van der Waals surface area contributed by atoms with Gasteiger partial charge in [0.05, 0.1) is 6.61 Å². The summed E-state index contributed by atoms with van der Waals surface area (Å²) < 4.78 is 5.07. The maximum Gasteiger partial charge on any atom is 0.167 e. The second-order valence-electron chi connectivity index (χ2n) is 3.21. The molecule has 1 aromatic carbocycles. The van der Waals surface area contributed by atoms with Crippen molar-refractivity contribution in [2.75, 3.05) is 0 Å². The van der Waals surface area contributed by atoms with E-state index in [1.54, 1.807) is 6.07 Å². The number of aryl methyl sites for hydroxylation is 1. The summed E-state index contributed by atoms with van der Waals surface area (Å²) in [4.78, 5) is 0. The Morgan fingerprint density at radius 2 is 2.00 bits per heavy atom. The third-order valence-corrected chi connectivity index (χ3v) is 2.06. The molecule has 0 amide bonds. The molecule has 0 bridgehead atoms. The zero-order valence-corrected chi connectivity index (χ0v) is 7.90. The van der Waals surface area contributed by atoms with E-state index < -0.39 is 0 Å². The maximum atomic E-state index is 8.82. The zero-order valence-electron chi connectivity index (χ0n) is 7.90. The van der Waals surface area contributed by atoms with Gasteiger partial charge in [0.15, 0.2) is 5.76 Å². The predicted molar refractivity (Wildman–Crippen MR) is 52.6 cm³/mol. The van der Waals surface area contributed by atoms with Crippen molar-refractivity contribution in [1.29, 1.82) is 0 Å². The smallest absolute Gasteiger partial charge is 0.167 e. The maximum absolute atomic E-state index is 8.82. The molecule has 0 saturated heterocycles. The van der Waals surface area contributed by atoms with Gasteiger partial charge < -0.3 is 9.63 Å². The van der Waals surface area contributed by atoms with Gasteiger partial charge in [-0.05, 0) is 6.92 Å². The number of nitrogens with zero attached hydrogens (tertiary/aromatic N) is 1. The molecule has 0 radical (unpaired) electrons. The van der Waals surface area contributed by atoms with Crippen molar-refractivity contribution in [3.05, 3.63) is 41.6 Å². The van der Waals surface area contributed by atoms with E-state index in [-0.39, 0.29) is 6.61 Å². The fourth-order valence-corrected chi connectivity index (χ4v) is 1.24. The minimum atomic E-state index is -0.0879. The summed E-state index contributed by atoms with van der Waals surface area (Å²) in [7, 11) is 0. The summed E-state index contributed by atoms with van der Waals surface area (Å²) in [5, 5.41) is 12.5. The van der Waals surface area contributed by atoms with Crippen LogP contribution >= 0.6 is 0 Å². The van der Waals surface area contributed by atoms with Gasteiger partial charge in [-0.15, -0.1) is 0 Å². The Morgan fingerprint density at radius 1 is 1.29 bits per heavy atom. The molecule has 1 N–H and O–H groups in total. The van der Waals surface area contributed by atoms with Gasteiger partial charge in [0, 0.05) is 11.6 Å². The molecule has 0 unspecified atom stereocenters. The average molecular weight is 189 g/mol. The zero-order chi connectivity index (χ0) is 9.97. The van der Waals surface area contributed by atoms with Crippen molar-refractivity contribution in [2.45, 2.75) is 13.5 Å². The van der Waals surface area contributed by atoms with Crippen LogP contribution < -0.4 is 0 Å². The van der Waals surface area contributed by atoms with E-state index in [4.69, 9.17) is 9.63 Å². The molecule has 1 aromatic heterocycles. The standard InChI is InChI=1S/C11H11NO2/c1-8-2-4-9(5-3-8)11-6-10(7-13)12-14-11/h2-6,13H,7H2,1H3. The van der Waals surface area contributed by atoms with Crippen LogP contribution in [-0.4, -0.2) is 10.3 Å². The first-order chi connectivity index (χ1) is 6.79. The summed E-state index contributed by atoms with van der Waals surface area (Å²) in [6, 6.07) is 9.70. The van der Waals surface area contributed by atoms with Crippen LogP contribution in [0.1, 0.15) is 11.3 Å². The predicted octanol–water partition coefficient (Wildman–Crippen LogP) is 2.14. The number of hydrogen-bond acceptors (Lipinski definition) is 3. The largest absolute Gasteiger partial charge is 0.390 e.